The number of ether oxygens (including phenoxy) is 2. The highest BCUT2D eigenvalue weighted by Crippen LogP contribution is 2.16. The van der Waals surface area contributed by atoms with Gasteiger partial charge in [0.05, 0.1) is 13.2 Å². The van der Waals surface area contributed by atoms with Crippen LogP contribution in [0.5, 0.6) is 0 Å². The summed E-state index contributed by atoms with van der Waals surface area (Å²) in [6, 6.07) is 0. The average Bonchev–Trinajstić information content (AvgIpc) is 2.77. The number of aliphatic hydroxyl groups is 3. The molecule has 1 aliphatic heterocycles. The molecule has 0 aromatic rings. The highest BCUT2D eigenvalue weighted by Gasteiger charge is 2.37. The molecule has 4 atom stereocenters. The van der Waals surface area contributed by atoms with E-state index in [1.807, 2.05) is 0 Å². The van der Waals surface area contributed by atoms with E-state index in [9.17, 15) is 15.3 Å². The summed E-state index contributed by atoms with van der Waals surface area (Å²) in [6.07, 6.45) is 21.8. The van der Waals surface area contributed by atoms with Crippen LogP contribution in [0.3, 0.4) is 0 Å². The van der Waals surface area contributed by atoms with Gasteiger partial charge in [-0.25, -0.2) is 0 Å². The van der Waals surface area contributed by atoms with Gasteiger partial charge in [0.25, 0.3) is 0 Å². The summed E-state index contributed by atoms with van der Waals surface area (Å²) < 4.78 is 10.9. The molecule has 0 bridgehead atoms. The van der Waals surface area contributed by atoms with Crippen LogP contribution in [-0.2, 0) is 9.47 Å². The molecule has 0 amide bonds. The molecular weight excluding hydrogens is 392 g/mol. The van der Waals surface area contributed by atoms with Crippen LogP contribution in [0.4, 0.5) is 0 Å². The molecule has 0 saturated carbocycles. The lowest BCUT2D eigenvalue weighted by Gasteiger charge is -2.35. The first-order valence-corrected chi connectivity index (χ1v) is 13.0. The maximum absolute atomic E-state index is 9.84. The van der Waals surface area contributed by atoms with Gasteiger partial charge in [-0.1, -0.05) is 89.7 Å². The van der Waals surface area contributed by atoms with Crippen molar-refractivity contribution in [2.24, 2.45) is 0 Å². The van der Waals surface area contributed by atoms with Crippen molar-refractivity contribution in [1.29, 1.82) is 0 Å². The smallest absolute Gasteiger partial charge is 0.111 e. The Balaban J connectivity index is 1.78. The fraction of sp³-hybridized carbons (Fsp3) is 0.923. The zero-order valence-electron chi connectivity index (χ0n) is 20.1. The molecule has 184 valence electrons. The van der Waals surface area contributed by atoms with Crippen molar-refractivity contribution in [2.75, 3.05) is 19.8 Å². The maximum Gasteiger partial charge on any atom is 0.111 e. The SMILES string of the molecule is CCCCCCCCCCCCC/C=C/CCCCCOC[C@H]1OC[C@H](O)[C@@H](O)[C@@H]1O. The lowest BCUT2D eigenvalue weighted by molar-refractivity contribution is -0.199. The van der Waals surface area contributed by atoms with Crippen LogP contribution >= 0.6 is 0 Å². The molecule has 0 aromatic heterocycles. The number of hydrogen-bond acceptors (Lipinski definition) is 5. The Hall–Kier alpha value is -0.460. The van der Waals surface area contributed by atoms with Crippen LogP contribution < -0.4 is 0 Å². The van der Waals surface area contributed by atoms with Crippen LogP contribution in [0.15, 0.2) is 12.2 Å². The van der Waals surface area contributed by atoms with Crippen LogP contribution in [0.2, 0.25) is 0 Å². The first kappa shape index (κ1) is 28.6. The minimum Gasteiger partial charge on any atom is -0.388 e. The summed E-state index contributed by atoms with van der Waals surface area (Å²) in [6.45, 7) is 3.20. The van der Waals surface area contributed by atoms with E-state index in [0.717, 1.165) is 19.3 Å². The first-order chi connectivity index (χ1) is 15.2. The molecule has 1 aliphatic rings. The summed E-state index contributed by atoms with van der Waals surface area (Å²) in [5, 5.41) is 28.9. The zero-order valence-corrected chi connectivity index (χ0v) is 20.1. The number of hydrogen-bond donors (Lipinski definition) is 3. The van der Waals surface area contributed by atoms with Crippen molar-refractivity contribution in [2.45, 2.75) is 134 Å². The minimum atomic E-state index is -1.15. The van der Waals surface area contributed by atoms with Gasteiger partial charge in [-0.3, -0.25) is 0 Å². The highest BCUT2D eigenvalue weighted by molar-refractivity contribution is 4.86. The molecule has 31 heavy (non-hydrogen) atoms. The molecule has 1 saturated heterocycles. The number of unbranched alkanes of at least 4 members (excludes halogenated alkanes) is 14. The van der Waals surface area contributed by atoms with Crippen molar-refractivity contribution in [3.05, 3.63) is 12.2 Å². The summed E-state index contributed by atoms with van der Waals surface area (Å²) in [5.41, 5.74) is 0. The van der Waals surface area contributed by atoms with E-state index in [1.165, 1.54) is 83.5 Å². The third-order valence-electron chi connectivity index (χ3n) is 6.19. The molecule has 1 heterocycles. The molecular formula is C26H50O5. The topological polar surface area (TPSA) is 79.2 Å². The van der Waals surface area contributed by atoms with E-state index in [-0.39, 0.29) is 13.2 Å². The molecule has 3 N–H and O–H groups in total. The maximum atomic E-state index is 9.84. The zero-order chi connectivity index (χ0) is 22.6. The van der Waals surface area contributed by atoms with E-state index in [2.05, 4.69) is 19.1 Å². The second-order valence-electron chi connectivity index (χ2n) is 9.14. The van der Waals surface area contributed by atoms with E-state index in [0.29, 0.717) is 6.61 Å². The van der Waals surface area contributed by atoms with Crippen LogP contribution in [0.25, 0.3) is 0 Å². The molecule has 0 aromatic carbocycles. The Labute approximate surface area is 191 Å². The predicted octanol–water partition coefficient (Wildman–Crippen LogP) is 5.30. The lowest BCUT2D eigenvalue weighted by atomic mass is 10.0. The van der Waals surface area contributed by atoms with Crippen molar-refractivity contribution < 1.29 is 24.8 Å². The van der Waals surface area contributed by atoms with Crippen molar-refractivity contribution in [3.63, 3.8) is 0 Å². The van der Waals surface area contributed by atoms with Gasteiger partial charge in [0.15, 0.2) is 0 Å². The average molecular weight is 443 g/mol. The Morgan fingerprint density at radius 3 is 1.81 bits per heavy atom. The predicted molar refractivity (Wildman–Crippen MR) is 127 cm³/mol. The molecule has 1 rings (SSSR count). The molecule has 0 aliphatic carbocycles. The summed E-state index contributed by atoms with van der Waals surface area (Å²) in [5.74, 6) is 0. The first-order valence-electron chi connectivity index (χ1n) is 13.0. The standard InChI is InChI=1S/C26H50O5/c1-2-3-4-5-6-7-8-9-10-11-12-13-14-15-16-17-18-19-20-30-22-24-26(29)25(28)23(27)21-31-24/h14-15,23-29H,2-13,16-22H2,1H3/b15-14+/t23-,24+,25+,26+/m0/s1. The summed E-state index contributed by atoms with van der Waals surface area (Å²) in [7, 11) is 0. The van der Waals surface area contributed by atoms with Gasteiger partial charge >= 0.3 is 0 Å². The summed E-state index contributed by atoms with van der Waals surface area (Å²) >= 11 is 0. The fourth-order valence-electron chi connectivity index (χ4n) is 4.02. The second-order valence-corrected chi connectivity index (χ2v) is 9.14. The number of rotatable bonds is 20. The van der Waals surface area contributed by atoms with Gasteiger partial charge in [0.1, 0.15) is 24.4 Å². The number of aliphatic hydroxyl groups excluding tert-OH is 3. The summed E-state index contributed by atoms with van der Waals surface area (Å²) in [4.78, 5) is 0. The van der Waals surface area contributed by atoms with Crippen molar-refractivity contribution in [3.8, 4) is 0 Å². The molecule has 0 radical (unpaired) electrons. The Morgan fingerprint density at radius 1 is 0.710 bits per heavy atom. The van der Waals surface area contributed by atoms with E-state index >= 15 is 0 Å². The van der Waals surface area contributed by atoms with Gasteiger partial charge in [-0.05, 0) is 32.1 Å². The van der Waals surface area contributed by atoms with Gasteiger partial charge in [0, 0.05) is 6.61 Å². The third-order valence-corrected chi connectivity index (χ3v) is 6.19. The van der Waals surface area contributed by atoms with Crippen molar-refractivity contribution in [1.82, 2.24) is 0 Å². The largest absolute Gasteiger partial charge is 0.388 e. The van der Waals surface area contributed by atoms with Gasteiger partial charge in [0.2, 0.25) is 0 Å². The normalized spacial score (nSPS) is 24.3. The minimum absolute atomic E-state index is 0.0395. The monoisotopic (exact) mass is 442 g/mol. The molecule has 5 nitrogen and oxygen atoms in total. The Morgan fingerprint density at radius 2 is 1.23 bits per heavy atom. The Bertz CT molecular complexity index is 415. The van der Waals surface area contributed by atoms with Gasteiger partial charge < -0.3 is 24.8 Å². The van der Waals surface area contributed by atoms with E-state index < -0.39 is 24.4 Å². The molecule has 0 unspecified atom stereocenters. The van der Waals surface area contributed by atoms with Crippen LogP contribution in [0, 0.1) is 0 Å². The van der Waals surface area contributed by atoms with Crippen LogP contribution in [0.1, 0.15) is 110 Å². The molecule has 5 heteroatoms. The van der Waals surface area contributed by atoms with Crippen LogP contribution in [-0.4, -0.2) is 59.6 Å². The lowest BCUT2D eigenvalue weighted by Crippen LogP contribution is -2.54. The number of allylic oxidation sites excluding steroid dienone is 2. The second kappa shape index (κ2) is 20.2. The van der Waals surface area contributed by atoms with E-state index in [4.69, 9.17) is 9.47 Å². The highest BCUT2D eigenvalue weighted by atomic mass is 16.6. The van der Waals surface area contributed by atoms with E-state index in [1.54, 1.807) is 0 Å². The third kappa shape index (κ3) is 15.1. The van der Waals surface area contributed by atoms with Gasteiger partial charge in [-0.15, -0.1) is 0 Å². The van der Waals surface area contributed by atoms with Crippen molar-refractivity contribution >= 4 is 0 Å². The molecule has 1 fully saturated rings. The van der Waals surface area contributed by atoms with Gasteiger partial charge in [-0.2, -0.15) is 0 Å². The Kier molecular flexibility index (Phi) is 18.6. The molecule has 0 spiro atoms. The fourth-order valence-corrected chi connectivity index (χ4v) is 4.02. The quantitative estimate of drug-likeness (QED) is 0.176.